The van der Waals surface area contributed by atoms with E-state index in [9.17, 15) is 0 Å². The molecule has 0 aromatic carbocycles. The van der Waals surface area contributed by atoms with E-state index in [1.165, 1.54) is 18.4 Å². The molecule has 0 atom stereocenters. The third-order valence-corrected chi connectivity index (χ3v) is 3.70. The molecule has 4 nitrogen and oxygen atoms in total. The molecule has 0 aliphatic heterocycles. The van der Waals surface area contributed by atoms with Gasteiger partial charge in [0.05, 0.1) is 0 Å². The Labute approximate surface area is 116 Å². The van der Waals surface area contributed by atoms with Gasteiger partial charge in [0.2, 0.25) is 0 Å². The largest absolute Gasteiger partial charge is 0.370 e. The summed E-state index contributed by atoms with van der Waals surface area (Å²) in [6.45, 7) is 7.64. The summed E-state index contributed by atoms with van der Waals surface area (Å²) >= 11 is 0. The smallest absolute Gasteiger partial charge is 0.134 e. The van der Waals surface area contributed by atoms with Gasteiger partial charge in [0, 0.05) is 18.2 Å². The number of anilines is 2. The molecule has 1 saturated carbocycles. The van der Waals surface area contributed by atoms with Gasteiger partial charge >= 0.3 is 0 Å². The normalized spacial score (nSPS) is 21.8. The van der Waals surface area contributed by atoms with Gasteiger partial charge < -0.3 is 10.6 Å². The molecule has 0 unspecified atom stereocenters. The van der Waals surface area contributed by atoms with Crippen molar-refractivity contribution in [2.75, 3.05) is 17.2 Å². The van der Waals surface area contributed by atoms with E-state index in [4.69, 9.17) is 0 Å². The standard InChI is InChI=1S/C15H26N4/c1-4-6-13-14(16-7-5-2)17-10-18-15(13)19-12-8-11(3)9-12/h10-12H,4-9H2,1-3H3,(H2,16,17,18,19). The zero-order valence-corrected chi connectivity index (χ0v) is 12.4. The second kappa shape index (κ2) is 6.73. The van der Waals surface area contributed by atoms with Crippen LogP contribution in [0, 0.1) is 5.92 Å². The first-order chi connectivity index (χ1) is 9.24. The van der Waals surface area contributed by atoms with Crippen molar-refractivity contribution in [3.05, 3.63) is 11.9 Å². The highest BCUT2D eigenvalue weighted by Gasteiger charge is 2.26. The van der Waals surface area contributed by atoms with Crippen LogP contribution in [0.3, 0.4) is 0 Å². The van der Waals surface area contributed by atoms with Crippen molar-refractivity contribution in [3.63, 3.8) is 0 Å². The summed E-state index contributed by atoms with van der Waals surface area (Å²) in [7, 11) is 0. The first-order valence-electron chi connectivity index (χ1n) is 7.58. The molecule has 2 N–H and O–H groups in total. The molecule has 4 heteroatoms. The quantitative estimate of drug-likeness (QED) is 0.790. The lowest BCUT2D eigenvalue weighted by Crippen LogP contribution is -2.34. The first kappa shape index (κ1) is 14.1. The minimum Gasteiger partial charge on any atom is -0.370 e. The van der Waals surface area contributed by atoms with E-state index in [0.717, 1.165) is 43.4 Å². The predicted molar refractivity (Wildman–Crippen MR) is 80.6 cm³/mol. The van der Waals surface area contributed by atoms with E-state index in [0.29, 0.717) is 6.04 Å². The second-order valence-electron chi connectivity index (χ2n) is 5.64. The number of hydrogen-bond acceptors (Lipinski definition) is 4. The average Bonchev–Trinajstić information content (AvgIpc) is 2.37. The van der Waals surface area contributed by atoms with Crippen LogP contribution in [0.25, 0.3) is 0 Å². The van der Waals surface area contributed by atoms with Crippen LogP contribution in [-0.2, 0) is 6.42 Å². The summed E-state index contributed by atoms with van der Waals surface area (Å²) in [6, 6.07) is 0.597. The Bertz CT molecular complexity index is 399. The van der Waals surface area contributed by atoms with E-state index in [-0.39, 0.29) is 0 Å². The molecule has 0 amide bonds. The number of aromatic nitrogens is 2. The molecule has 1 aromatic rings. The van der Waals surface area contributed by atoms with Gasteiger partial charge in [0.15, 0.2) is 0 Å². The van der Waals surface area contributed by atoms with E-state index in [2.05, 4.69) is 41.4 Å². The number of hydrogen-bond donors (Lipinski definition) is 2. The Hall–Kier alpha value is -1.32. The van der Waals surface area contributed by atoms with Crippen molar-refractivity contribution in [3.8, 4) is 0 Å². The molecular formula is C15H26N4. The van der Waals surface area contributed by atoms with Crippen LogP contribution in [0.4, 0.5) is 11.6 Å². The van der Waals surface area contributed by atoms with Crippen molar-refractivity contribution < 1.29 is 0 Å². The minimum absolute atomic E-state index is 0.597. The summed E-state index contributed by atoms with van der Waals surface area (Å²) in [5, 5.41) is 7.00. The van der Waals surface area contributed by atoms with Crippen molar-refractivity contribution in [1.82, 2.24) is 9.97 Å². The van der Waals surface area contributed by atoms with E-state index in [1.54, 1.807) is 6.33 Å². The van der Waals surface area contributed by atoms with Crippen molar-refractivity contribution in [2.45, 2.75) is 58.9 Å². The van der Waals surface area contributed by atoms with Crippen LogP contribution in [0.5, 0.6) is 0 Å². The maximum Gasteiger partial charge on any atom is 0.134 e. The molecular weight excluding hydrogens is 236 g/mol. The third-order valence-electron chi connectivity index (χ3n) is 3.70. The van der Waals surface area contributed by atoms with Crippen LogP contribution >= 0.6 is 0 Å². The Balaban J connectivity index is 2.11. The topological polar surface area (TPSA) is 49.8 Å². The Morgan fingerprint density at radius 3 is 2.53 bits per heavy atom. The third kappa shape index (κ3) is 3.58. The fraction of sp³-hybridized carbons (Fsp3) is 0.733. The molecule has 2 rings (SSSR count). The maximum atomic E-state index is 4.45. The van der Waals surface area contributed by atoms with Crippen molar-refractivity contribution in [2.24, 2.45) is 5.92 Å². The molecule has 106 valence electrons. The predicted octanol–water partition coefficient (Wildman–Crippen LogP) is 3.46. The molecule has 0 bridgehead atoms. The number of nitrogens with zero attached hydrogens (tertiary/aromatic N) is 2. The SMILES string of the molecule is CCCNc1ncnc(NC2CC(C)C2)c1CCC. The van der Waals surface area contributed by atoms with Crippen molar-refractivity contribution in [1.29, 1.82) is 0 Å². The molecule has 0 saturated heterocycles. The van der Waals surface area contributed by atoms with Crippen LogP contribution in [0.2, 0.25) is 0 Å². The number of rotatable bonds is 7. The van der Waals surface area contributed by atoms with Crippen LogP contribution in [0.1, 0.15) is 52.0 Å². The van der Waals surface area contributed by atoms with Gasteiger partial charge in [-0.1, -0.05) is 27.2 Å². The van der Waals surface area contributed by atoms with E-state index in [1.807, 2.05) is 0 Å². The molecule has 1 aliphatic rings. The average molecular weight is 262 g/mol. The van der Waals surface area contributed by atoms with E-state index >= 15 is 0 Å². The lowest BCUT2D eigenvalue weighted by molar-refractivity contribution is 0.308. The van der Waals surface area contributed by atoms with Gasteiger partial charge in [-0.3, -0.25) is 0 Å². The van der Waals surface area contributed by atoms with Gasteiger partial charge in [-0.15, -0.1) is 0 Å². The lowest BCUT2D eigenvalue weighted by Gasteiger charge is -2.34. The Morgan fingerprint density at radius 2 is 1.89 bits per heavy atom. The monoisotopic (exact) mass is 262 g/mol. The van der Waals surface area contributed by atoms with E-state index < -0.39 is 0 Å². The molecule has 1 aromatic heterocycles. The van der Waals surface area contributed by atoms with Gasteiger partial charge in [-0.05, 0) is 31.6 Å². The van der Waals surface area contributed by atoms with Gasteiger partial charge in [-0.2, -0.15) is 0 Å². The summed E-state index contributed by atoms with van der Waals surface area (Å²) in [5.41, 5.74) is 1.25. The zero-order chi connectivity index (χ0) is 13.7. The molecule has 1 aliphatic carbocycles. The lowest BCUT2D eigenvalue weighted by atomic mass is 9.82. The molecule has 0 spiro atoms. The van der Waals surface area contributed by atoms with Crippen LogP contribution < -0.4 is 10.6 Å². The van der Waals surface area contributed by atoms with Gasteiger partial charge in [0.1, 0.15) is 18.0 Å². The summed E-state index contributed by atoms with van der Waals surface area (Å²) in [5.74, 6) is 2.90. The maximum absolute atomic E-state index is 4.45. The number of nitrogens with one attached hydrogen (secondary N) is 2. The molecule has 1 fully saturated rings. The zero-order valence-electron chi connectivity index (χ0n) is 12.4. The fourth-order valence-electron chi connectivity index (χ4n) is 2.63. The molecule has 0 radical (unpaired) electrons. The summed E-state index contributed by atoms with van der Waals surface area (Å²) < 4.78 is 0. The summed E-state index contributed by atoms with van der Waals surface area (Å²) in [6.07, 6.45) is 7.43. The highest BCUT2D eigenvalue weighted by Crippen LogP contribution is 2.31. The van der Waals surface area contributed by atoms with Crippen LogP contribution in [0.15, 0.2) is 6.33 Å². The Morgan fingerprint density at radius 1 is 1.16 bits per heavy atom. The highest BCUT2D eigenvalue weighted by atomic mass is 15.1. The fourth-order valence-corrected chi connectivity index (χ4v) is 2.63. The molecule has 19 heavy (non-hydrogen) atoms. The molecule has 1 heterocycles. The van der Waals surface area contributed by atoms with Crippen molar-refractivity contribution >= 4 is 11.6 Å². The Kier molecular flexibility index (Phi) is 5.00. The highest BCUT2D eigenvalue weighted by molar-refractivity contribution is 5.58. The first-order valence-corrected chi connectivity index (χ1v) is 7.58. The minimum atomic E-state index is 0.597. The van der Waals surface area contributed by atoms with Gasteiger partial charge in [-0.25, -0.2) is 9.97 Å². The summed E-state index contributed by atoms with van der Waals surface area (Å²) in [4.78, 5) is 8.85. The van der Waals surface area contributed by atoms with Gasteiger partial charge in [0.25, 0.3) is 0 Å². The second-order valence-corrected chi connectivity index (χ2v) is 5.64. The van der Waals surface area contributed by atoms with Crippen LogP contribution in [-0.4, -0.2) is 22.6 Å².